The number of phosphoric ester groups is 1. The Morgan fingerprint density at radius 1 is 0.692 bits per heavy atom. The fraction of sp³-hybridized carbons (Fsp3) is 0.707. The summed E-state index contributed by atoms with van der Waals surface area (Å²) in [5, 5.41) is 0. The van der Waals surface area contributed by atoms with Gasteiger partial charge in [0.15, 0.2) is 6.10 Å². The summed E-state index contributed by atoms with van der Waals surface area (Å²) in [4.78, 5) is 34.7. The van der Waals surface area contributed by atoms with Crippen LogP contribution in [0.5, 0.6) is 0 Å². The van der Waals surface area contributed by atoms with E-state index in [1.54, 1.807) is 0 Å². The predicted octanol–water partition coefficient (Wildman–Crippen LogP) is 9.92. The summed E-state index contributed by atoms with van der Waals surface area (Å²) in [6.45, 7) is 3.51. The van der Waals surface area contributed by atoms with Crippen molar-refractivity contribution >= 4 is 19.8 Å². The molecule has 0 aliphatic carbocycles. The van der Waals surface area contributed by atoms with Crippen LogP contribution in [0.1, 0.15) is 142 Å². The number of hydrogen-bond acceptors (Lipinski definition) is 9. The second-order valence-electron chi connectivity index (χ2n) is 13.2. The monoisotopic (exact) mass is 751 g/mol. The van der Waals surface area contributed by atoms with Gasteiger partial charge in [0.05, 0.1) is 25.4 Å². The van der Waals surface area contributed by atoms with Gasteiger partial charge in [-0.15, -0.1) is 0 Å². The van der Waals surface area contributed by atoms with Gasteiger partial charge in [-0.2, -0.15) is 0 Å². The second kappa shape index (κ2) is 33.3. The van der Waals surface area contributed by atoms with E-state index < -0.39 is 32.5 Å². The third-order valence-electron chi connectivity index (χ3n) is 8.36. The van der Waals surface area contributed by atoms with Crippen LogP contribution in [-0.2, 0) is 37.4 Å². The normalized spacial score (nSPS) is 17.9. The van der Waals surface area contributed by atoms with Gasteiger partial charge in [0, 0.05) is 19.4 Å². The summed E-state index contributed by atoms with van der Waals surface area (Å²) >= 11 is 0. The number of rotatable bonds is 35. The van der Waals surface area contributed by atoms with Gasteiger partial charge in [-0.05, 0) is 77.0 Å². The van der Waals surface area contributed by atoms with Crippen molar-refractivity contribution in [3.05, 3.63) is 60.8 Å². The first-order chi connectivity index (χ1) is 25.3. The molecule has 0 radical (unpaired) electrons. The molecule has 10 nitrogen and oxygen atoms in total. The first kappa shape index (κ1) is 47.7. The molecule has 1 aliphatic rings. The lowest BCUT2D eigenvalue weighted by Crippen LogP contribution is -2.29. The van der Waals surface area contributed by atoms with Crippen LogP contribution >= 0.6 is 7.82 Å². The van der Waals surface area contributed by atoms with Crippen molar-refractivity contribution in [1.82, 2.24) is 0 Å². The molecule has 0 saturated carbocycles. The van der Waals surface area contributed by atoms with Crippen LogP contribution in [0.4, 0.5) is 0 Å². The third kappa shape index (κ3) is 30.2. The van der Waals surface area contributed by atoms with Gasteiger partial charge in [0.25, 0.3) is 0 Å². The number of carbonyl (C=O) groups is 2. The molecular formula is C41H70NO9P. The smallest absolute Gasteiger partial charge is 0.462 e. The molecule has 1 rings (SSSR count). The highest BCUT2D eigenvalue weighted by Crippen LogP contribution is 2.43. The maximum Gasteiger partial charge on any atom is 0.472 e. The van der Waals surface area contributed by atoms with E-state index in [4.69, 9.17) is 29.0 Å². The molecule has 0 bridgehead atoms. The van der Waals surface area contributed by atoms with Crippen molar-refractivity contribution < 1.29 is 42.3 Å². The van der Waals surface area contributed by atoms with Crippen molar-refractivity contribution in [2.24, 2.45) is 5.73 Å². The maximum absolute atomic E-state index is 12.5. The largest absolute Gasteiger partial charge is 0.472 e. The minimum absolute atomic E-state index is 0.0388. The summed E-state index contributed by atoms with van der Waals surface area (Å²) in [6, 6.07) is 0. The van der Waals surface area contributed by atoms with Gasteiger partial charge < -0.3 is 24.8 Å². The van der Waals surface area contributed by atoms with Gasteiger partial charge >= 0.3 is 19.8 Å². The molecule has 1 fully saturated rings. The lowest BCUT2D eigenvalue weighted by molar-refractivity contribution is -0.161. The Hall–Kier alpha value is -2.33. The molecule has 52 heavy (non-hydrogen) atoms. The quantitative estimate of drug-likeness (QED) is 0.0211. The van der Waals surface area contributed by atoms with Crippen LogP contribution in [0.15, 0.2) is 60.8 Å². The van der Waals surface area contributed by atoms with Crippen LogP contribution in [-0.4, -0.2) is 61.5 Å². The molecule has 0 spiro atoms. The fourth-order valence-electron chi connectivity index (χ4n) is 5.26. The van der Waals surface area contributed by atoms with Crippen molar-refractivity contribution in [3.63, 3.8) is 0 Å². The molecule has 4 atom stereocenters. The highest BCUT2D eigenvalue weighted by Gasteiger charge is 2.35. The predicted molar refractivity (Wildman–Crippen MR) is 210 cm³/mol. The Labute approximate surface area is 314 Å². The Morgan fingerprint density at radius 2 is 1.25 bits per heavy atom. The molecule has 0 aromatic carbocycles. The molecule has 3 N–H and O–H groups in total. The summed E-state index contributed by atoms with van der Waals surface area (Å²) in [5.41, 5.74) is 5.33. The van der Waals surface area contributed by atoms with E-state index in [0.717, 1.165) is 64.2 Å². The number of esters is 2. The number of epoxide rings is 1. The number of allylic oxidation sites excluding steroid dienone is 9. The van der Waals surface area contributed by atoms with E-state index in [1.807, 2.05) is 6.08 Å². The number of unbranched alkanes of at least 4 members (excludes halogenated alkanes) is 10. The average molecular weight is 752 g/mol. The second-order valence-corrected chi connectivity index (χ2v) is 14.6. The molecule has 1 heterocycles. The highest BCUT2D eigenvalue weighted by molar-refractivity contribution is 7.47. The Morgan fingerprint density at radius 3 is 1.88 bits per heavy atom. The van der Waals surface area contributed by atoms with E-state index in [2.05, 4.69) is 68.5 Å². The number of ether oxygens (including phenoxy) is 3. The number of nitrogens with two attached hydrogens (primary N) is 1. The van der Waals surface area contributed by atoms with E-state index in [0.29, 0.717) is 31.5 Å². The molecule has 0 aromatic heterocycles. The standard InChI is InChI=1S/C41H70NO9P/c1-3-5-6-7-8-9-10-12-16-19-22-25-28-31-40(43)47-35-37(36-49-52(45,46)48-34-33-42)50-41(44)32-29-26-23-20-17-14-11-13-15-18-21-24-27-30-39-38(4-2)51-39/h9-11,14-15,18,20,23-24,27,37-39H,3-8,12-13,16-17,19,21-22,25-26,28-36,42H2,1-2H3,(H,45,46)/b10-9-,14-11-,18-15-,23-20-,27-24-. The number of hydrogen-bond donors (Lipinski definition) is 2. The first-order valence-electron chi connectivity index (χ1n) is 19.9. The van der Waals surface area contributed by atoms with Crippen LogP contribution in [0, 0.1) is 0 Å². The van der Waals surface area contributed by atoms with Gasteiger partial charge in [0.1, 0.15) is 6.61 Å². The summed E-state index contributed by atoms with van der Waals surface area (Å²) in [7, 11) is -4.39. The zero-order valence-corrected chi connectivity index (χ0v) is 33.1. The Bertz CT molecular complexity index is 1100. The van der Waals surface area contributed by atoms with Crippen LogP contribution in [0.2, 0.25) is 0 Å². The summed E-state index contributed by atoms with van der Waals surface area (Å²) < 4.78 is 38.1. The van der Waals surface area contributed by atoms with Crippen LogP contribution in [0.3, 0.4) is 0 Å². The van der Waals surface area contributed by atoms with E-state index in [1.165, 1.54) is 32.1 Å². The third-order valence-corrected chi connectivity index (χ3v) is 9.34. The Kier molecular flexibility index (Phi) is 30.5. The van der Waals surface area contributed by atoms with Crippen LogP contribution < -0.4 is 5.73 Å². The minimum atomic E-state index is -4.39. The van der Waals surface area contributed by atoms with E-state index in [9.17, 15) is 19.0 Å². The molecule has 4 unspecified atom stereocenters. The van der Waals surface area contributed by atoms with E-state index >= 15 is 0 Å². The zero-order chi connectivity index (χ0) is 38.0. The molecule has 298 valence electrons. The van der Waals surface area contributed by atoms with Gasteiger partial charge in [0.2, 0.25) is 0 Å². The molecule has 11 heteroatoms. The molecule has 1 aliphatic heterocycles. The zero-order valence-electron chi connectivity index (χ0n) is 32.2. The molecule has 0 aromatic rings. The molecule has 1 saturated heterocycles. The summed E-state index contributed by atoms with van der Waals surface area (Å²) in [6.07, 6.45) is 40.2. The average Bonchev–Trinajstić information content (AvgIpc) is 3.90. The van der Waals surface area contributed by atoms with Gasteiger partial charge in [-0.1, -0.05) is 113 Å². The van der Waals surface area contributed by atoms with Gasteiger partial charge in [-0.3, -0.25) is 18.6 Å². The molecular weight excluding hydrogens is 681 g/mol. The van der Waals surface area contributed by atoms with Crippen LogP contribution in [0.25, 0.3) is 0 Å². The van der Waals surface area contributed by atoms with Crippen molar-refractivity contribution in [2.45, 2.75) is 161 Å². The summed E-state index contributed by atoms with van der Waals surface area (Å²) in [5.74, 6) is -0.918. The van der Waals surface area contributed by atoms with E-state index in [-0.39, 0.29) is 32.6 Å². The van der Waals surface area contributed by atoms with Crippen molar-refractivity contribution in [3.8, 4) is 0 Å². The number of phosphoric acid groups is 1. The van der Waals surface area contributed by atoms with Crippen molar-refractivity contribution in [1.29, 1.82) is 0 Å². The number of carbonyl (C=O) groups excluding carboxylic acids is 2. The highest BCUT2D eigenvalue weighted by atomic mass is 31.2. The lowest BCUT2D eigenvalue weighted by atomic mass is 10.1. The minimum Gasteiger partial charge on any atom is -0.462 e. The molecule has 0 amide bonds. The first-order valence-corrected chi connectivity index (χ1v) is 21.4. The van der Waals surface area contributed by atoms with Crippen molar-refractivity contribution in [2.75, 3.05) is 26.4 Å². The SMILES string of the molecule is CCCCCC/C=C\CCCCCCCC(=O)OCC(COP(=O)(O)OCCN)OC(=O)CCC/C=C\C/C=C\C/C=C\C/C=C\CC1OC1CC. The lowest BCUT2D eigenvalue weighted by Gasteiger charge is -2.19. The topological polar surface area (TPSA) is 147 Å². The van der Waals surface area contributed by atoms with Gasteiger partial charge in [-0.25, -0.2) is 4.57 Å². The maximum atomic E-state index is 12.5. The Balaban J connectivity index is 2.25. The fourth-order valence-corrected chi connectivity index (χ4v) is 6.02.